The Hall–Kier alpha value is -2.89. The SMILES string of the molecule is C=C1C(=O)C(C2=C(c3c(O)c(=O)c3=O)C=C(C)NC2)=C1O. The molecular weight excluding hydrogens is 274 g/mol. The van der Waals surface area contributed by atoms with Crippen molar-refractivity contribution in [2.24, 2.45) is 0 Å². The van der Waals surface area contributed by atoms with Crippen LogP contribution in [0.2, 0.25) is 0 Å². The summed E-state index contributed by atoms with van der Waals surface area (Å²) in [4.78, 5) is 34.6. The molecule has 2 aliphatic rings. The van der Waals surface area contributed by atoms with Crippen LogP contribution >= 0.6 is 0 Å². The van der Waals surface area contributed by atoms with Crippen molar-refractivity contribution in [1.82, 2.24) is 5.32 Å². The molecule has 0 radical (unpaired) electrons. The van der Waals surface area contributed by atoms with Gasteiger partial charge in [-0.05, 0) is 24.1 Å². The van der Waals surface area contributed by atoms with E-state index < -0.39 is 22.4 Å². The number of rotatable bonds is 2. The van der Waals surface area contributed by atoms with Crippen molar-refractivity contribution in [2.45, 2.75) is 6.92 Å². The molecule has 0 fully saturated rings. The number of aliphatic hydroxyl groups excluding tert-OH is 1. The highest BCUT2D eigenvalue weighted by atomic mass is 16.3. The molecule has 6 nitrogen and oxygen atoms in total. The van der Waals surface area contributed by atoms with Crippen LogP contribution in [0, 0.1) is 0 Å². The van der Waals surface area contributed by atoms with E-state index in [4.69, 9.17) is 0 Å². The van der Waals surface area contributed by atoms with Crippen LogP contribution < -0.4 is 16.2 Å². The normalized spacial score (nSPS) is 18.8. The molecule has 1 aliphatic heterocycles. The van der Waals surface area contributed by atoms with Gasteiger partial charge in [0, 0.05) is 12.2 Å². The Kier molecular flexibility index (Phi) is 2.53. The van der Waals surface area contributed by atoms with E-state index in [2.05, 4.69) is 11.9 Å². The van der Waals surface area contributed by atoms with E-state index in [0.29, 0.717) is 11.3 Å². The summed E-state index contributed by atoms with van der Waals surface area (Å²) in [5.41, 5.74) is -0.390. The summed E-state index contributed by atoms with van der Waals surface area (Å²) in [5.74, 6) is -1.24. The molecule has 0 amide bonds. The second-order valence-corrected chi connectivity index (χ2v) is 4.99. The predicted molar refractivity (Wildman–Crippen MR) is 75.5 cm³/mol. The van der Waals surface area contributed by atoms with Gasteiger partial charge in [0.25, 0.3) is 5.43 Å². The first-order valence-electron chi connectivity index (χ1n) is 6.20. The number of nitrogens with one attached hydrogen (secondary N) is 1. The quantitative estimate of drug-likeness (QED) is 0.530. The largest absolute Gasteiger partial charge is 0.506 e. The van der Waals surface area contributed by atoms with E-state index in [1.54, 1.807) is 13.0 Å². The topological polar surface area (TPSA) is 104 Å². The fourth-order valence-electron chi connectivity index (χ4n) is 2.49. The number of carbonyl (C=O) groups excluding carboxylic acids is 1. The van der Waals surface area contributed by atoms with Crippen LogP contribution in [0.3, 0.4) is 0 Å². The van der Waals surface area contributed by atoms with Gasteiger partial charge in [0.15, 0.2) is 11.5 Å². The standard InChI is InChI=1S/C15H11NO5/c1-5-3-7(9-13(19)15(21)14(9)20)8(4-16-5)10-11(17)6(2)12(10)18/h3,16-17,19H,2,4H2,1H3. The number of aliphatic hydroxyl groups is 1. The molecule has 1 aromatic rings. The van der Waals surface area contributed by atoms with Gasteiger partial charge in [-0.3, -0.25) is 14.4 Å². The summed E-state index contributed by atoms with van der Waals surface area (Å²) in [5, 5.41) is 22.4. The van der Waals surface area contributed by atoms with Gasteiger partial charge in [-0.25, -0.2) is 0 Å². The maximum Gasteiger partial charge on any atom is 0.268 e. The van der Waals surface area contributed by atoms with Gasteiger partial charge in [0.05, 0.1) is 16.7 Å². The molecule has 3 rings (SSSR count). The molecule has 0 spiro atoms. The number of allylic oxidation sites excluding steroid dienone is 4. The van der Waals surface area contributed by atoms with Crippen LogP contribution in [0.4, 0.5) is 0 Å². The molecule has 0 atom stereocenters. The first kappa shape index (κ1) is 13.1. The second-order valence-electron chi connectivity index (χ2n) is 4.99. The van der Waals surface area contributed by atoms with E-state index in [1.807, 2.05) is 0 Å². The lowest BCUT2D eigenvalue weighted by atomic mass is 9.79. The van der Waals surface area contributed by atoms with Crippen LogP contribution in [-0.2, 0) is 4.79 Å². The summed E-state index contributed by atoms with van der Waals surface area (Å²) in [6.45, 7) is 5.38. The highest BCUT2D eigenvalue weighted by Crippen LogP contribution is 2.38. The van der Waals surface area contributed by atoms with E-state index in [1.165, 1.54) is 0 Å². The number of Topliss-reactive ketones (excluding diaryl/α,β-unsaturated/α-hetero) is 1. The maximum absolute atomic E-state index is 11.8. The summed E-state index contributed by atoms with van der Waals surface area (Å²) >= 11 is 0. The van der Waals surface area contributed by atoms with E-state index in [9.17, 15) is 24.6 Å². The van der Waals surface area contributed by atoms with Crippen molar-refractivity contribution >= 4 is 11.4 Å². The Morgan fingerprint density at radius 1 is 1.19 bits per heavy atom. The lowest BCUT2D eigenvalue weighted by Crippen LogP contribution is -2.36. The van der Waals surface area contributed by atoms with Crippen LogP contribution in [0.25, 0.3) is 5.57 Å². The Morgan fingerprint density at radius 3 is 2.43 bits per heavy atom. The number of hydrogen-bond acceptors (Lipinski definition) is 6. The maximum atomic E-state index is 11.8. The number of hydrogen-bond donors (Lipinski definition) is 3. The molecule has 1 heterocycles. The molecule has 21 heavy (non-hydrogen) atoms. The van der Waals surface area contributed by atoms with E-state index in [-0.39, 0.29) is 34.6 Å². The highest BCUT2D eigenvalue weighted by molar-refractivity contribution is 6.22. The predicted octanol–water partition coefficient (Wildman–Crippen LogP) is 0.200. The summed E-state index contributed by atoms with van der Waals surface area (Å²) < 4.78 is 0. The first-order chi connectivity index (χ1) is 9.84. The monoisotopic (exact) mass is 285 g/mol. The molecule has 1 aliphatic carbocycles. The summed E-state index contributed by atoms with van der Waals surface area (Å²) in [6.07, 6.45) is 1.56. The van der Waals surface area contributed by atoms with Crippen LogP contribution in [0.15, 0.2) is 50.4 Å². The fraction of sp³-hybridized carbons (Fsp3) is 0.133. The third kappa shape index (κ3) is 1.56. The molecule has 0 unspecified atom stereocenters. The lowest BCUT2D eigenvalue weighted by Gasteiger charge is -2.28. The molecule has 1 aromatic carbocycles. The smallest absolute Gasteiger partial charge is 0.268 e. The third-order valence-electron chi connectivity index (χ3n) is 3.71. The Balaban J connectivity index is 2.27. The number of aromatic hydroxyl groups is 1. The average Bonchev–Trinajstić information content (AvgIpc) is 2.49. The van der Waals surface area contributed by atoms with E-state index >= 15 is 0 Å². The minimum atomic E-state index is -0.941. The number of dihydropyridines is 1. The van der Waals surface area contributed by atoms with Crippen molar-refractivity contribution in [3.8, 4) is 5.75 Å². The molecule has 0 saturated heterocycles. The number of carbonyl (C=O) groups is 1. The zero-order valence-corrected chi connectivity index (χ0v) is 11.1. The van der Waals surface area contributed by atoms with Gasteiger partial charge in [-0.15, -0.1) is 0 Å². The van der Waals surface area contributed by atoms with Crippen molar-refractivity contribution < 1.29 is 15.0 Å². The average molecular weight is 285 g/mol. The minimum Gasteiger partial charge on any atom is -0.506 e. The molecule has 0 aromatic heterocycles. The second kappa shape index (κ2) is 4.05. The molecular formula is C15H11NO5. The molecule has 0 bridgehead atoms. The summed E-state index contributed by atoms with van der Waals surface area (Å²) in [6, 6.07) is 0. The Bertz CT molecular complexity index is 888. The van der Waals surface area contributed by atoms with Crippen molar-refractivity contribution in [3.05, 3.63) is 66.8 Å². The van der Waals surface area contributed by atoms with Gasteiger partial charge in [0.1, 0.15) is 5.76 Å². The van der Waals surface area contributed by atoms with Crippen molar-refractivity contribution in [1.29, 1.82) is 0 Å². The first-order valence-corrected chi connectivity index (χ1v) is 6.20. The van der Waals surface area contributed by atoms with Gasteiger partial charge in [0.2, 0.25) is 5.43 Å². The molecule has 0 saturated carbocycles. The van der Waals surface area contributed by atoms with Gasteiger partial charge in [-0.1, -0.05) is 6.58 Å². The minimum absolute atomic E-state index is 0.0114. The molecule has 3 N–H and O–H groups in total. The van der Waals surface area contributed by atoms with Crippen LogP contribution in [-0.4, -0.2) is 22.5 Å². The Morgan fingerprint density at radius 2 is 1.86 bits per heavy atom. The zero-order chi connectivity index (χ0) is 15.5. The molecule has 106 valence electrons. The van der Waals surface area contributed by atoms with Gasteiger partial charge < -0.3 is 15.5 Å². The van der Waals surface area contributed by atoms with Crippen LogP contribution in [0.1, 0.15) is 12.5 Å². The highest BCUT2D eigenvalue weighted by Gasteiger charge is 2.37. The summed E-state index contributed by atoms with van der Waals surface area (Å²) in [7, 11) is 0. The van der Waals surface area contributed by atoms with Gasteiger partial charge in [-0.2, -0.15) is 0 Å². The van der Waals surface area contributed by atoms with Gasteiger partial charge >= 0.3 is 0 Å². The third-order valence-corrected chi connectivity index (χ3v) is 3.71. The van der Waals surface area contributed by atoms with Crippen LogP contribution in [0.5, 0.6) is 5.75 Å². The Labute approximate surface area is 118 Å². The molecule has 6 heteroatoms. The fourth-order valence-corrected chi connectivity index (χ4v) is 2.49. The lowest BCUT2D eigenvalue weighted by molar-refractivity contribution is -0.113. The number of ketones is 1. The van der Waals surface area contributed by atoms with Crippen molar-refractivity contribution in [3.63, 3.8) is 0 Å². The zero-order valence-electron chi connectivity index (χ0n) is 11.1. The van der Waals surface area contributed by atoms with E-state index in [0.717, 1.165) is 0 Å². The van der Waals surface area contributed by atoms with Crippen molar-refractivity contribution in [2.75, 3.05) is 6.54 Å².